The monoisotopic (exact) mass is 562 g/mol. The Morgan fingerprint density at radius 2 is 1.70 bits per heavy atom. The van der Waals surface area contributed by atoms with E-state index in [1.165, 1.54) is 23.9 Å². The first-order chi connectivity index (χ1) is 19.1. The fourth-order valence-electron chi connectivity index (χ4n) is 4.14. The standard InChI is InChI=1S/C29H31ClN6O4/c1-29(2,3)31-28(38)26(23-17-22(39-4)15-16-24(23)40-5)36(21-9-7-6-8-10-21)25(37)18-35-33-27(32-34-35)19-11-13-20(30)14-12-19/h6-17,26H,18H2,1-5H3,(H,31,38). The summed E-state index contributed by atoms with van der Waals surface area (Å²) in [6.07, 6.45) is 0. The predicted molar refractivity (Wildman–Crippen MR) is 152 cm³/mol. The van der Waals surface area contributed by atoms with Crippen LogP contribution in [0.4, 0.5) is 5.69 Å². The molecule has 3 aromatic carbocycles. The summed E-state index contributed by atoms with van der Waals surface area (Å²) in [5.74, 6) is 0.435. The maximum Gasteiger partial charge on any atom is 0.251 e. The van der Waals surface area contributed by atoms with Gasteiger partial charge in [0.25, 0.3) is 5.91 Å². The molecular formula is C29H31ClN6O4. The van der Waals surface area contributed by atoms with Crippen LogP contribution in [-0.4, -0.2) is 51.8 Å². The number of anilines is 1. The summed E-state index contributed by atoms with van der Waals surface area (Å²) in [5.41, 5.74) is 1.08. The zero-order chi connectivity index (χ0) is 28.9. The van der Waals surface area contributed by atoms with Gasteiger partial charge in [-0.3, -0.25) is 14.5 Å². The number of aromatic nitrogens is 4. The SMILES string of the molecule is COc1ccc(OC)c(C(C(=O)NC(C)(C)C)N(C(=O)Cn2nnc(-c3ccc(Cl)cc3)n2)c2ccccc2)c1. The lowest BCUT2D eigenvalue weighted by Crippen LogP contribution is -2.50. The number of methoxy groups -OCH3 is 2. The van der Waals surface area contributed by atoms with E-state index in [0.29, 0.717) is 39.2 Å². The molecule has 11 heteroatoms. The molecule has 40 heavy (non-hydrogen) atoms. The van der Waals surface area contributed by atoms with E-state index < -0.39 is 23.4 Å². The average Bonchev–Trinajstić information content (AvgIpc) is 3.39. The summed E-state index contributed by atoms with van der Waals surface area (Å²) in [5, 5.41) is 16.1. The molecule has 1 heterocycles. The second-order valence-electron chi connectivity index (χ2n) is 10.00. The summed E-state index contributed by atoms with van der Waals surface area (Å²) in [6.45, 7) is 5.34. The average molecular weight is 563 g/mol. The van der Waals surface area contributed by atoms with Gasteiger partial charge in [0.15, 0.2) is 0 Å². The van der Waals surface area contributed by atoms with Crippen molar-refractivity contribution in [2.45, 2.75) is 38.9 Å². The fraction of sp³-hybridized carbons (Fsp3) is 0.276. The number of nitrogens with zero attached hydrogens (tertiary/aromatic N) is 5. The number of para-hydroxylation sites is 1. The molecule has 1 aromatic heterocycles. The second-order valence-corrected chi connectivity index (χ2v) is 10.4. The number of hydrogen-bond acceptors (Lipinski definition) is 7. The topological polar surface area (TPSA) is 111 Å². The fourth-order valence-corrected chi connectivity index (χ4v) is 4.26. The van der Waals surface area contributed by atoms with Gasteiger partial charge in [-0.05, 0) is 80.6 Å². The number of benzene rings is 3. The Labute approximate surface area is 237 Å². The normalized spacial score (nSPS) is 11.9. The van der Waals surface area contributed by atoms with Crippen LogP contribution in [0.3, 0.4) is 0 Å². The molecular weight excluding hydrogens is 532 g/mol. The van der Waals surface area contributed by atoms with Crippen LogP contribution >= 0.6 is 11.6 Å². The highest BCUT2D eigenvalue weighted by molar-refractivity contribution is 6.30. The van der Waals surface area contributed by atoms with E-state index in [1.807, 2.05) is 26.8 Å². The van der Waals surface area contributed by atoms with Crippen LogP contribution in [0.15, 0.2) is 72.8 Å². The number of tetrazole rings is 1. The summed E-state index contributed by atoms with van der Waals surface area (Å²) in [7, 11) is 3.04. The number of hydrogen-bond donors (Lipinski definition) is 1. The van der Waals surface area contributed by atoms with Gasteiger partial charge in [0, 0.05) is 27.4 Å². The van der Waals surface area contributed by atoms with Gasteiger partial charge in [0.1, 0.15) is 24.1 Å². The lowest BCUT2D eigenvalue weighted by Gasteiger charge is -2.34. The van der Waals surface area contributed by atoms with Crippen molar-refractivity contribution in [3.05, 3.63) is 83.4 Å². The summed E-state index contributed by atoms with van der Waals surface area (Å²) in [4.78, 5) is 30.6. The Balaban J connectivity index is 1.79. The Morgan fingerprint density at radius 1 is 1.00 bits per heavy atom. The van der Waals surface area contributed by atoms with Crippen molar-refractivity contribution in [3.63, 3.8) is 0 Å². The molecule has 10 nitrogen and oxygen atoms in total. The summed E-state index contributed by atoms with van der Waals surface area (Å²) < 4.78 is 11.1. The number of halogens is 1. The van der Waals surface area contributed by atoms with E-state index in [-0.39, 0.29) is 6.54 Å². The van der Waals surface area contributed by atoms with E-state index in [4.69, 9.17) is 21.1 Å². The van der Waals surface area contributed by atoms with Crippen LogP contribution in [0.1, 0.15) is 32.4 Å². The second kappa shape index (κ2) is 12.2. The van der Waals surface area contributed by atoms with Crippen molar-refractivity contribution in [2.24, 2.45) is 0 Å². The van der Waals surface area contributed by atoms with E-state index in [1.54, 1.807) is 66.7 Å². The third kappa shape index (κ3) is 6.76. The molecule has 0 aliphatic heterocycles. The Kier molecular flexibility index (Phi) is 8.69. The molecule has 0 fully saturated rings. The van der Waals surface area contributed by atoms with Crippen molar-refractivity contribution in [2.75, 3.05) is 19.1 Å². The van der Waals surface area contributed by atoms with Crippen LogP contribution in [0.5, 0.6) is 11.5 Å². The highest BCUT2D eigenvalue weighted by Gasteiger charge is 2.37. The van der Waals surface area contributed by atoms with Crippen LogP contribution in [0, 0.1) is 0 Å². The van der Waals surface area contributed by atoms with Crippen molar-refractivity contribution < 1.29 is 19.1 Å². The predicted octanol–water partition coefficient (Wildman–Crippen LogP) is 4.70. The molecule has 0 saturated carbocycles. The smallest absolute Gasteiger partial charge is 0.251 e. The number of rotatable bonds is 9. The zero-order valence-electron chi connectivity index (χ0n) is 23.0. The van der Waals surface area contributed by atoms with Crippen molar-refractivity contribution in [3.8, 4) is 22.9 Å². The minimum Gasteiger partial charge on any atom is -0.497 e. The third-order valence-electron chi connectivity index (χ3n) is 5.87. The minimum atomic E-state index is -1.11. The van der Waals surface area contributed by atoms with Crippen molar-refractivity contribution >= 4 is 29.1 Å². The van der Waals surface area contributed by atoms with E-state index in [9.17, 15) is 9.59 Å². The Bertz CT molecular complexity index is 1470. The van der Waals surface area contributed by atoms with Crippen LogP contribution in [-0.2, 0) is 16.1 Å². The van der Waals surface area contributed by atoms with E-state index in [0.717, 1.165) is 0 Å². The van der Waals surface area contributed by atoms with Gasteiger partial charge in [-0.1, -0.05) is 29.8 Å². The number of carbonyl (C=O) groups is 2. The Morgan fingerprint density at radius 3 is 2.33 bits per heavy atom. The lowest BCUT2D eigenvalue weighted by molar-refractivity contribution is -0.128. The van der Waals surface area contributed by atoms with Gasteiger partial charge < -0.3 is 14.8 Å². The Hall–Kier alpha value is -4.44. The van der Waals surface area contributed by atoms with Crippen LogP contribution < -0.4 is 19.7 Å². The summed E-state index contributed by atoms with van der Waals surface area (Å²) in [6, 6.07) is 19.9. The van der Waals surface area contributed by atoms with Gasteiger partial charge in [-0.25, -0.2) is 0 Å². The van der Waals surface area contributed by atoms with E-state index >= 15 is 0 Å². The molecule has 2 amide bonds. The highest BCUT2D eigenvalue weighted by Crippen LogP contribution is 2.36. The number of carbonyl (C=O) groups excluding carboxylic acids is 2. The van der Waals surface area contributed by atoms with Gasteiger partial charge >= 0.3 is 0 Å². The zero-order valence-corrected chi connectivity index (χ0v) is 23.7. The van der Waals surface area contributed by atoms with Gasteiger partial charge in [0.05, 0.1) is 14.2 Å². The molecule has 4 rings (SSSR count). The molecule has 208 valence electrons. The maximum absolute atomic E-state index is 14.1. The molecule has 4 aromatic rings. The summed E-state index contributed by atoms with van der Waals surface area (Å²) >= 11 is 5.99. The van der Waals surface area contributed by atoms with Gasteiger partial charge in [-0.15, -0.1) is 10.2 Å². The molecule has 1 N–H and O–H groups in total. The van der Waals surface area contributed by atoms with Crippen LogP contribution in [0.2, 0.25) is 5.02 Å². The quantitative estimate of drug-likeness (QED) is 0.315. The van der Waals surface area contributed by atoms with Gasteiger partial charge in [-0.2, -0.15) is 4.80 Å². The molecule has 0 radical (unpaired) electrons. The van der Waals surface area contributed by atoms with Gasteiger partial charge in [0.2, 0.25) is 11.7 Å². The number of ether oxygens (including phenoxy) is 2. The number of nitrogens with one attached hydrogen (secondary N) is 1. The first-order valence-corrected chi connectivity index (χ1v) is 12.9. The maximum atomic E-state index is 14.1. The minimum absolute atomic E-state index is 0.277. The molecule has 0 aliphatic carbocycles. The molecule has 0 saturated heterocycles. The van der Waals surface area contributed by atoms with Crippen molar-refractivity contribution in [1.29, 1.82) is 0 Å². The van der Waals surface area contributed by atoms with Crippen LogP contribution in [0.25, 0.3) is 11.4 Å². The first-order valence-electron chi connectivity index (χ1n) is 12.5. The van der Waals surface area contributed by atoms with Crippen molar-refractivity contribution in [1.82, 2.24) is 25.5 Å². The highest BCUT2D eigenvalue weighted by atomic mass is 35.5. The third-order valence-corrected chi connectivity index (χ3v) is 6.12. The molecule has 0 spiro atoms. The molecule has 0 bridgehead atoms. The molecule has 0 aliphatic rings. The number of amides is 2. The molecule has 1 atom stereocenters. The lowest BCUT2D eigenvalue weighted by atomic mass is 9.99. The first kappa shape index (κ1) is 28.6. The largest absolute Gasteiger partial charge is 0.497 e. The molecule has 1 unspecified atom stereocenters. The van der Waals surface area contributed by atoms with E-state index in [2.05, 4.69) is 20.7 Å².